The summed E-state index contributed by atoms with van der Waals surface area (Å²) >= 11 is 6.17. The summed E-state index contributed by atoms with van der Waals surface area (Å²) in [7, 11) is 0. The van der Waals surface area contributed by atoms with Crippen molar-refractivity contribution in [2.24, 2.45) is 5.92 Å². The van der Waals surface area contributed by atoms with Crippen molar-refractivity contribution >= 4 is 23.2 Å². The fourth-order valence-electron chi connectivity index (χ4n) is 2.79. The van der Waals surface area contributed by atoms with Crippen LogP contribution < -0.4 is 4.90 Å². The van der Waals surface area contributed by atoms with Crippen molar-refractivity contribution in [3.63, 3.8) is 0 Å². The van der Waals surface area contributed by atoms with Crippen molar-refractivity contribution in [3.05, 3.63) is 39.4 Å². The van der Waals surface area contributed by atoms with Crippen LogP contribution in [-0.2, 0) is 4.79 Å². The molecule has 1 amide bonds. The third-order valence-corrected chi connectivity index (χ3v) is 4.45. The molecule has 1 aromatic rings. The van der Waals surface area contributed by atoms with Gasteiger partial charge in [-0.15, -0.1) is 0 Å². The van der Waals surface area contributed by atoms with Crippen LogP contribution in [0.5, 0.6) is 0 Å². The average Bonchev–Trinajstić information content (AvgIpc) is 3.28. The molecule has 3 rings (SSSR count). The highest BCUT2D eigenvalue weighted by atomic mass is 35.5. The second-order valence-electron chi connectivity index (χ2n) is 5.46. The maximum atomic E-state index is 12.2. The molecule has 2 fully saturated rings. The first-order chi connectivity index (χ1) is 10.1. The van der Waals surface area contributed by atoms with Crippen molar-refractivity contribution in [1.82, 2.24) is 4.90 Å². The monoisotopic (exact) mass is 309 g/mol. The number of rotatable bonds is 3. The molecule has 0 radical (unpaired) electrons. The summed E-state index contributed by atoms with van der Waals surface area (Å²) in [6.45, 7) is 2.58. The molecule has 7 heteroatoms. The summed E-state index contributed by atoms with van der Waals surface area (Å²) in [6, 6.07) is 6.96. The van der Waals surface area contributed by atoms with Gasteiger partial charge in [-0.2, -0.15) is 0 Å². The number of nitro groups is 1. The van der Waals surface area contributed by atoms with Gasteiger partial charge < -0.3 is 9.80 Å². The molecule has 1 heterocycles. The van der Waals surface area contributed by atoms with Gasteiger partial charge in [-0.3, -0.25) is 14.9 Å². The van der Waals surface area contributed by atoms with Crippen LogP contribution in [0.2, 0.25) is 5.02 Å². The quantitative estimate of drug-likeness (QED) is 0.629. The summed E-state index contributed by atoms with van der Waals surface area (Å²) in [4.78, 5) is 26.3. The maximum absolute atomic E-state index is 12.2. The van der Waals surface area contributed by atoms with E-state index in [1.54, 1.807) is 4.90 Å². The number of hydrogen-bond donors (Lipinski definition) is 0. The second kappa shape index (κ2) is 5.52. The normalized spacial score (nSPS) is 24.8. The summed E-state index contributed by atoms with van der Waals surface area (Å²) < 4.78 is 0. The minimum Gasteiger partial charge on any atom is -0.367 e. The first kappa shape index (κ1) is 14.1. The fraction of sp³-hybridized carbons (Fsp3) is 0.500. The number of amides is 1. The Balaban J connectivity index is 1.57. The highest BCUT2D eigenvalue weighted by Crippen LogP contribution is 2.35. The molecule has 112 valence electrons. The van der Waals surface area contributed by atoms with E-state index in [-0.39, 0.29) is 10.8 Å². The van der Waals surface area contributed by atoms with Crippen LogP contribution in [-0.4, -0.2) is 48.0 Å². The van der Waals surface area contributed by atoms with E-state index < -0.39 is 12.0 Å². The molecule has 2 atom stereocenters. The molecule has 0 spiro atoms. The predicted molar refractivity (Wildman–Crippen MR) is 79.1 cm³/mol. The van der Waals surface area contributed by atoms with E-state index in [2.05, 4.69) is 4.90 Å². The number of piperazine rings is 1. The Kier molecular flexibility index (Phi) is 3.71. The van der Waals surface area contributed by atoms with Gasteiger partial charge in [-0.1, -0.05) is 23.7 Å². The van der Waals surface area contributed by atoms with Gasteiger partial charge in [-0.25, -0.2) is 0 Å². The van der Waals surface area contributed by atoms with Crippen LogP contribution in [0.4, 0.5) is 5.69 Å². The molecule has 1 saturated carbocycles. The lowest BCUT2D eigenvalue weighted by atomic mass is 10.2. The Labute approximate surface area is 127 Å². The fourth-order valence-corrected chi connectivity index (χ4v) is 3.05. The van der Waals surface area contributed by atoms with Gasteiger partial charge in [-0.05, 0) is 12.1 Å². The molecule has 21 heavy (non-hydrogen) atoms. The maximum Gasteiger partial charge on any atom is 0.233 e. The number of nitrogens with zero attached hydrogens (tertiary/aromatic N) is 3. The van der Waals surface area contributed by atoms with E-state index in [9.17, 15) is 14.9 Å². The molecule has 0 N–H and O–H groups in total. The molecule has 2 aliphatic rings. The number of para-hydroxylation sites is 1. The van der Waals surface area contributed by atoms with E-state index in [4.69, 9.17) is 11.6 Å². The topological polar surface area (TPSA) is 66.7 Å². The third-order valence-electron chi connectivity index (χ3n) is 4.13. The van der Waals surface area contributed by atoms with E-state index in [1.165, 1.54) is 0 Å². The second-order valence-corrected chi connectivity index (χ2v) is 5.87. The molecular formula is C14H16ClN3O3. The first-order valence-electron chi connectivity index (χ1n) is 6.99. The van der Waals surface area contributed by atoms with E-state index >= 15 is 0 Å². The highest BCUT2D eigenvalue weighted by molar-refractivity contribution is 6.33. The Morgan fingerprint density at radius 2 is 1.90 bits per heavy atom. The largest absolute Gasteiger partial charge is 0.367 e. The number of benzene rings is 1. The van der Waals surface area contributed by atoms with Gasteiger partial charge >= 0.3 is 0 Å². The Morgan fingerprint density at radius 3 is 2.48 bits per heavy atom. The van der Waals surface area contributed by atoms with Crippen molar-refractivity contribution in [1.29, 1.82) is 0 Å². The number of carbonyl (C=O) groups is 1. The molecule has 0 aromatic heterocycles. The third kappa shape index (κ3) is 2.81. The minimum atomic E-state index is -0.668. The van der Waals surface area contributed by atoms with Crippen LogP contribution in [0, 0.1) is 16.0 Å². The van der Waals surface area contributed by atoms with Gasteiger partial charge in [0.2, 0.25) is 11.9 Å². The zero-order valence-electron chi connectivity index (χ0n) is 11.4. The molecule has 1 saturated heterocycles. The number of anilines is 1. The lowest BCUT2D eigenvalue weighted by molar-refractivity contribution is -0.497. The van der Waals surface area contributed by atoms with E-state index in [0.29, 0.717) is 37.6 Å². The molecule has 1 aliphatic heterocycles. The molecule has 0 unspecified atom stereocenters. The number of hydrogen-bond acceptors (Lipinski definition) is 4. The van der Waals surface area contributed by atoms with Crippen LogP contribution in [0.1, 0.15) is 6.42 Å². The lowest BCUT2D eigenvalue weighted by Crippen LogP contribution is -2.49. The van der Waals surface area contributed by atoms with Gasteiger partial charge in [0.1, 0.15) is 5.92 Å². The SMILES string of the molecule is O=C([C@@H]1C[C@@H]1[N+](=O)[O-])N1CCN(c2ccccc2Cl)CC1. The Morgan fingerprint density at radius 1 is 1.24 bits per heavy atom. The number of halogens is 1. The molecule has 1 aromatic carbocycles. The van der Waals surface area contributed by atoms with Crippen LogP contribution in [0.3, 0.4) is 0 Å². The van der Waals surface area contributed by atoms with Gasteiger partial charge in [0.25, 0.3) is 0 Å². The van der Waals surface area contributed by atoms with Crippen LogP contribution in [0.15, 0.2) is 24.3 Å². The molecule has 6 nitrogen and oxygen atoms in total. The molecular weight excluding hydrogens is 294 g/mol. The van der Waals surface area contributed by atoms with E-state index in [0.717, 1.165) is 5.69 Å². The van der Waals surface area contributed by atoms with Crippen molar-refractivity contribution in [2.75, 3.05) is 31.1 Å². The zero-order chi connectivity index (χ0) is 15.0. The van der Waals surface area contributed by atoms with Crippen molar-refractivity contribution < 1.29 is 9.72 Å². The highest BCUT2D eigenvalue weighted by Gasteiger charge is 2.54. The van der Waals surface area contributed by atoms with Gasteiger partial charge in [0.05, 0.1) is 10.7 Å². The molecule has 0 bridgehead atoms. The van der Waals surface area contributed by atoms with Crippen molar-refractivity contribution in [3.8, 4) is 0 Å². The first-order valence-corrected chi connectivity index (χ1v) is 7.37. The van der Waals surface area contributed by atoms with E-state index in [1.807, 2.05) is 24.3 Å². The zero-order valence-corrected chi connectivity index (χ0v) is 12.2. The summed E-state index contributed by atoms with van der Waals surface area (Å²) in [5.74, 6) is -0.484. The van der Waals surface area contributed by atoms with Gasteiger partial charge in [0.15, 0.2) is 0 Å². The minimum absolute atomic E-state index is 0.0736. The van der Waals surface area contributed by atoms with Crippen LogP contribution >= 0.6 is 11.6 Å². The molecule has 1 aliphatic carbocycles. The Bertz CT molecular complexity index is 572. The van der Waals surface area contributed by atoms with Crippen molar-refractivity contribution in [2.45, 2.75) is 12.5 Å². The Hall–Kier alpha value is -1.82. The van der Waals surface area contributed by atoms with Crippen LogP contribution in [0.25, 0.3) is 0 Å². The lowest BCUT2D eigenvalue weighted by Gasteiger charge is -2.36. The summed E-state index contributed by atoms with van der Waals surface area (Å²) in [5.41, 5.74) is 0.973. The summed E-state index contributed by atoms with van der Waals surface area (Å²) in [5, 5.41) is 11.3. The summed E-state index contributed by atoms with van der Waals surface area (Å²) in [6.07, 6.45) is 0.385. The smallest absolute Gasteiger partial charge is 0.233 e. The standard InChI is InChI=1S/C14H16ClN3O3/c15-11-3-1-2-4-12(11)16-5-7-17(8-6-16)14(19)10-9-13(10)18(20)21/h1-4,10,13H,5-9H2/t10-,13+/m1/s1. The van der Waals surface area contributed by atoms with Gasteiger partial charge in [0, 0.05) is 37.5 Å². The predicted octanol–water partition coefficient (Wildman–Crippen LogP) is 1.65. The number of carbonyl (C=O) groups excluding carboxylic acids is 1. The average molecular weight is 310 g/mol.